The van der Waals surface area contributed by atoms with E-state index < -0.39 is 24.5 Å². The summed E-state index contributed by atoms with van der Waals surface area (Å²) in [5, 5.41) is 3.12. The normalized spacial score (nSPS) is 13.4. The van der Waals surface area contributed by atoms with Gasteiger partial charge in [-0.2, -0.15) is 0 Å². The maximum Gasteiger partial charge on any atom is 0.374 e. The fourth-order valence-corrected chi connectivity index (χ4v) is 4.20. The van der Waals surface area contributed by atoms with Crippen LogP contribution in [0.3, 0.4) is 0 Å². The van der Waals surface area contributed by atoms with Crippen molar-refractivity contribution in [3.8, 4) is 0 Å². The predicted molar refractivity (Wildman–Crippen MR) is 94.5 cm³/mol. The molecule has 0 aromatic carbocycles. The van der Waals surface area contributed by atoms with Crippen molar-refractivity contribution in [1.29, 1.82) is 0 Å². The highest BCUT2D eigenvalue weighted by Gasteiger charge is 2.26. The van der Waals surface area contributed by atoms with Gasteiger partial charge in [0.15, 0.2) is 6.61 Å². The minimum Gasteiger partial charge on any atom is -0.465 e. The number of hydrogen-bond donors (Lipinski definition) is 1. The smallest absolute Gasteiger partial charge is 0.374 e. The molecule has 0 fully saturated rings. The molecule has 1 N–H and O–H groups in total. The van der Waals surface area contributed by atoms with Crippen molar-refractivity contribution in [3.63, 3.8) is 0 Å². The first-order valence-electron chi connectivity index (χ1n) is 8.33. The van der Waals surface area contributed by atoms with Crippen molar-refractivity contribution in [2.45, 2.75) is 32.1 Å². The molecule has 1 amide bonds. The molecule has 0 atom stereocenters. The number of methoxy groups -OCH3 is 1. The van der Waals surface area contributed by atoms with Gasteiger partial charge in [-0.1, -0.05) is 6.42 Å². The van der Waals surface area contributed by atoms with Gasteiger partial charge in [-0.3, -0.25) is 4.79 Å². The van der Waals surface area contributed by atoms with E-state index in [1.807, 2.05) is 0 Å². The number of amides is 1. The summed E-state index contributed by atoms with van der Waals surface area (Å²) in [6, 6.07) is 3.00. The summed E-state index contributed by atoms with van der Waals surface area (Å²) in [6.07, 6.45) is 6.20. The summed E-state index contributed by atoms with van der Waals surface area (Å²) in [5.41, 5.74) is 1.38. The van der Waals surface area contributed by atoms with E-state index in [0.717, 1.165) is 42.5 Å². The van der Waals surface area contributed by atoms with Crippen molar-refractivity contribution in [2.75, 3.05) is 19.0 Å². The molecular formula is C18H19NO6S. The van der Waals surface area contributed by atoms with Gasteiger partial charge < -0.3 is 19.2 Å². The molecule has 0 saturated carbocycles. The monoisotopic (exact) mass is 377 g/mol. The molecule has 26 heavy (non-hydrogen) atoms. The number of carbonyl (C=O) groups excluding carboxylic acids is 3. The van der Waals surface area contributed by atoms with Gasteiger partial charge in [0.1, 0.15) is 5.00 Å². The third-order valence-corrected chi connectivity index (χ3v) is 5.33. The molecule has 0 saturated heterocycles. The highest BCUT2D eigenvalue weighted by atomic mass is 32.1. The largest absolute Gasteiger partial charge is 0.465 e. The molecule has 1 aliphatic rings. The summed E-state index contributed by atoms with van der Waals surface area (Å²) in [6.45, 7) is -0.470. The Bertz CT molecular complexity index is 808. The first-order valence-corrected chi connectivity index (χ1v) is 9.15. The molecule has 0 bridgehead atoms. The van der Waals surface area contributed by atoms with Gasteiger partial charge in [-0.05, 0) is 43.4 Å². The second-order valence-electron chi connectivity index (χ2n) is 5.86. The fraction of sp³-hybridized carbons (Fsp3) is 0.389. The summed E-state index contributed by atoms with van der Waals surface area (Å²) in [5.74, 6) is -1.69. The van der Waals surface area contributed by atoms with E-state index in [2.05, 4.69) is 5.32 Å². The van der Waals surface area contributed by atoms with Gasteiger partial charge in [-0.25, -0.2) is 9.59 Å². The van der Waals surface area contributed by atoms with E-state index >= 15 is 0 Å². The lowest BCUT2D eigenvalue weighted by molar-refractivity contribution is -0.119. The second kappa shape index (κ2) is 8.18. The van der Waals surface area contributed by atoms with Crippen molar-refractivity contribution in [1.82, 2.24) is 0 Å². The summed E-state index contributed by atoms with van der Waals surface area (Å²) in [4.78, 5) is 37.2. The van der Waals surface area contributed by atoms with Gasteiger partial charge in [0.2, 0.25) is 5.76 Å². The number of fused-ring (bicyclic) bond motifs is 1. The third-order valence-electron chi connectivity index (χ3n) is 4.12. The van der Waals surface area contributed by atoms with Gasteiger partial charge in [0.25, 0.3) is 5.91 Å². The van der Waals surface area contributed by atoms with E-state index in [-0.39, 0.29) is 5.76 Å². The van der Waals surface area contributed by atoms with Crippen molar-refractivity contribution in [3.05, 3.63) is 40.2 Å². The topological polar surface area (TPSA) is 94.8 Å². The molecule has 2 aromatic rings. The van der Waals surface area contributed by atoms with Crippen LogP contribution in [0.2, 0.25) is 0 Å². The number of rotatable bonds is 5. The summed E-state index contributed by atoms with van der Waals surface area (Å²) < 4.78 is 14.7. The highest BCUT2D eigenvalue weighted by Crippen LogP contribution is 2.37. The van der Waals surface area contributed by atoms with E-state index in [1.165, 1.54) is 30.8 Å². The Morgan fingerprint density at radius 2 is 2.00 bits per heavy atom. The molecule has 0 aliphatic heterocycles. The van der Waals surface area contributed by atoms with Crippen LogP contribution in [0.5, 0.6) is 0 Å². The molecule has 1 aliphatic carbocycles. The predicted octanol–water partition coefficient (Wildman–Crippen LogP) is 3.19. The number of carbonyl (C=O) groups is 3. The number of nitrogens with one attached hydrogen (secondary N) is 1. The maximum absolute atomic E-state index is 12.2. The van der Waals surface area contributed by atoms with Crippen LogP contribution in [0.1, 0.15) is 50.6 Å². The fourth-order valence-electron chi connectivity index (χ4n) is 2.91. The third kappa shape index (κ3) is 3.96. The molecule has 7 nitrogen and oxygen atoms in total. The zero-order chi connectivity index (χ0) is 18.5. The minimum atomic E-state index is -0.722. The maximum atomic E-state index is 12.2. The number of furan rings is 1. The van der Waals surface area contributed by atoms with E-state index in [9.17, 15) is 14.4 Å². The molecule has 3 rings (SSSR count). The van der Waals surface area contributed by atoms with E-state index in [4.69, 9.17) is 13.9 Å². The van der Waals surface area contributed by atoms with Crippen LogP contribution in [-0.2, 0) is 27.1 Å². The van der Waals surface area contributed by atoms with Gasteiger partial charge >= 0.3 is 11.9 Å². The summed E-state index contributed by atoms with van der Waals surface area (Å²) >= 11 is 1.39. The van der Waals surface area contributed by atoms with Crippen molar-refractivity contribution >= 4 is 34.2 Å². The van der Waals surface area contributed by atoms with Gasteiger partial charge in [0, 0.05) is 4.88 Å². The zero-order valence-electron chi connectivity index (χ0n) is 14.3. The average Bonchev–Trinajstić information content (AvgIpc) is 3.22. The van der Waals surface area contributed by atoms with Crippen LogP contribution in [0.15, 0.2) is 22.8 Å². The number of anilines is 1. The quantitative estimate of drug-likeness (QED) is 0.635. The molecule has 0 radical (unpaired) electrons. The molecule has 2 heterocycles. The first-order chi connectivity index (χ1) is 12.6. The van der Waals surface area contributed by atoms with Gasteiger partial charge in [0.05, 0.1) is 18.9 Å². The summed E-state index contributed by atoms with van der Waals surface area (Å²) in [7, 11) is 1.32. The Morgan fingerprint density at radius 1 is 1.19 bits per heavy atom. The lowest BCUT2D eigenvalue weighted by Gasteiger charge is -2.07. The highest BCUT2D eigenvalue weighted by molar-refractivity contribution is 7.17. The number of thiophene rings is 1. The molecule has 2 aromatic heterocycles. The van der Waals surface area contributed by atoms with Gasteiger partial charge in [-0.15, -0.1) is 11.3 Å². The Balaban J connectivity index is 1.71. The van der Waals surface area contributed by atoms with Crippen LogP contribution in [-0.4, -0.2) is 31.6 Å². The average molecular weight is 377 g/mol. The molecular weight excluding hydrogens is 358 g/mol. The molecule has 8 heteroatoms. The van der Waals surface area contributed by atoms with Crippen LogP contribution in [0.4, 0.5) is 5.00 Å². The van der Waals surface area contributed by atoms with Crippen LogP contribution in [0, 0.1) is 0 Å². The number of ether oxygens (including phenoxy) is 2. The Morgan fingerprint density at radius 3 is 2.73 bits per heavy atom. The lowest BCUT2D eigenvalue weighted by Crippen LogP contribution is -2.21. The lowest BCUT2D eigenvalue weighted by atomic mass is 10.1. The number of aryl methyl sites for hydroxylation is 1. The van der Waals surface area contributed by atoms with Crippen LogP contribution >= 0.6 is 11.3 Å². The molecule has 0 unspecified atom stereocenters. The van der Waals surface area contributed by atoms with Crippen molar-refractivity contribution < 1.29 is 28.3 Å². The van der Waals surface area contributed by atoms with Crippen LogP contribution < -0.4 is 5.32 Å². The number of esters is 2. The Hall–Kier alpha value is -2.61. The standard InChI is InChI=1S/C18H19NO6S/c1-23-18(22)15-11-6-3-2-4-8-13(11)26-16(15)19-14(20)10-25-17(21)12-7-5-9-24-12/h5,7,9H,2-4,6,8,10H2,1H3,(H,19,20). The Kier molecular flexibility index (Phi) is 5.72. The van der Waals surface area contributed by atoms with E-state index in [1.54, 1.807) is 6.07 Å². The Labute approximate surface area is 154 Å². The van der Waals surface area contributed by atoms with Crippen LogP contribution in [0.25, 0.3) is 0 Å². The minimum absolute atomic E-state index is 0.0240. The first kappa shape index (κ1) is 18.2. The van der Waals surface area contributed by atoms with E-state index in [0.29, 0.717) is 10.6 Å². The molecule has 138 valence electrons. The van der Waals surface area contributed by atoms with Crippen molar-refractivity contribution in [2.24, 2.45) is 0 Å². The number of hydrogen-bond acceptors (Lipinski definition) is 7. The molecule has 0 spiro atoms. The second-order valence-corrected chi connectivity index (χ2v) is 6.97. The zero-order valence-corrected chi connectivity index (χ0v) is 15.1. The SMILES string of the molecule is COC(=O)c1c(NC(=O)COC(=O)c2ccco2)sc2c1CCCCC2.